The second-order valence-corrected chi connectivity index (χ2v) is 3.96. The molecule has 1 aromatic heterocycles. The SMILES string of the molecule is O=C(O)Cc1cnn(C2CCC(F)C2)c1. The highest BCUT2D eigenvalue weighted by molar-refractivity contribution is 5.69. The Bertz CT molecular complexity index is 364. The highest BCUT2D eigenvalue weighted by Gasteiger charge is 2.26. The summed E-state index contributed by atoms with van der Waals surface area (Å²) in [5.74, 6) is -0.871. The number of carboxylic acids is 1. The van der Waals surface area contributed by atoms with E-state index in [4.69, 9.17) is 5.11 Å². The van der Waals surface area contributed by atoms with Crippen LogP contribution in [0.3, 0.4) is 0 Å². The summed E-state index contributed by atoms with van der Waals surface area (Å²) in [6, 6.07) is 0.0996. The fourth-order valence-corrected chi connectivity index (χ4v) is 1.99. The first-order chi connectivity index (χ1) is 7.15. The Morgan fingerprint density at radius 3 is 3.07 bits per heavy atom. The van der Waals surface area contributed by atoms with Gasteiger partial charge in [0.15, 0.2) is 0 Å². The molecule has 0 aliphatic heterocycles. The van der Waals surface area contributed by atoms with E-state index < -0.39 is 12.1 Å². The van der Waals surface area contributed by atoms with Crippen LogP contribution < -0.4 is 0 Å². The number of aromatic nitrogens is 2. The van der Waals surface area contributed by atoms with Crippen LogP contribution in [0, 0.1) is 0 Å². The molecule has 1 fully saturated rings. The molecule has 2 rings (SSSR count). The predicted molar refractivity (Wildman–Crippen MR) is 51.4 cm³/mol. The van der Waals surface area contributed by atoms with E-state index in [0.29, 0.717) is 18.4 Å². The van der Waals surface area contributed by atoms with Crippen LogP contribution in [0.15, 0.2) is 12.4 Å². The molecule has 2 unspecified atom stereocenters. The lowest BCUT2D eigenvalue weighted by Crippen LogP contribution is -2.06. The first-order valence-corrected chi connectivity index (χ1v) is 5.04. The molecule has 15 heavy (non-hydrogen) atoms. The number of carbonyl (C=O) groups is 1. The summed E-state index contributed by atoms with van der Waals surface area (Å²) in [7, 11) is 0. The van der Waals surface area contributed by atoms with Crippen molar-refractivity contribution < 1.29 is 14.3 Å². The number of rotatable bonds is 3. The average molecular weight is 212 g/mol. The minimum atomic E-state index is -0.871. The summed E-state index contributed by atoms with van der Waals surface area (Å²) in [5, 5.41) is 12.7. The molecule has 0 spiro atoms. The third-order valence-corrected chi connectivity index (χ3v) is 2.73. The van der Waals surface area contributed by atoms with Crippen LogP contribution in [-0.2, 0) is 11.2 Å². The minimum absolute atomic E-state index is 0.0221. The molecule has 1 saturated carbocycles. The Hall–Kier alpha value is -1.39. The molecule has 1 aliphatic carbocycles. The molecule has 1 N–H and O–H groups in total. The van der Waals surface area contributed by atoms with E-state index >= 15 is 0 Å². The van der Waals surface area contributed by atoms with Crippen LogP contribution in [0.25, 0.3) is 0 Å². The van der Waals surface area contributed by atoms with Crippen LogP contribution in [0.4, 0.5) is 4.39 Å². The maximum absolute atomic E-state index is 12.9. The number of halogens is 1. The van der Waals surface area contributed by atoms with Gasteiger partial charge in [-0.25, -0.2) is 4.39 Å². The molecule has 1 aromatic rings. The molecule has 0 bridgehead atoms. The zero-order valence-electron chi connectivity index (χ0n) is 8.27. The molecular formula is C10H13FN2O2. The maximum atomic E-state index is 12.9. The van der Waals surface area contributed by atoms with E-state index in [2.05, 4.69) is 5.10 Å². The van der Waals surface area contributed by atoms with Gasteiger partial charge in [0.1, 0.15) is 6.17 Å². The van der Waals surface area contributed by atoms with Gasteiger partial charge < -0.3 is 5.11 Å². The summed E-state index contributed by atoms with van der Waals surface area (Å²) in [5.41, 5.74) is 0.671. The standard InChI is InChI=1S/C10H13FN2O2/c11-8-1-2-9(4-8)13-6-7(5-12-13)3-10(14)15/h5-6,8-9H,1-4H2,(H,14,15). The van der Waals surface area contributed by atoms with Gasteiger partial charge in [0.25, 0.3) is 0 Å². The summed E-state index contributed by atoms with van der Waals surface area (Å²) < 4.78 is 14.6. The third-order valence-electron chi connectivity index (χ3n) is 2.73. The molecule has 0 radical (unpaired) electrons. The van der Waals surface area contributed by atoms with E-state index in [1.165, 1.54) is 0 Å². The van der Waals surface area contributed by atoms with Crippen molar-refractivity contribution in [2.75, 3.05) is 0 Å². The number of hydrogen-bond donors (Lipinski definition) is 1. The molecule has 1 aliphatic rings. The lowest BCUT2D eigenvalue weighted by molar-refractivity contribution is -0.136. The van der Waals surface area contributed by atoms with E-state index in [0.717, 1.165) is 6.42 Å². The minimum Gasteiger partial charge on any atom is -0.481 e. The molecule has 2 atom stereocenters. The van der Waals surface area contributed by atoms with Crippen molar-refractivity contribution in [3.8, 4) is 0 Å². The van der Waals surface area contributed by atoms with Gasteiger partial charge in [-0.1, -0.05) is 0 Å². The highest BCUT2D eigenvalue weighted by atomic mass is 19.1. The summed E-state index contributed by atoms with van der Waals surface area (Å²) in [4.78, 5) is 10.5. The quantitative estimate of drug-likeness (QED) is 0.827. The Balaban J connectivity index is 2.03. The molecule has 1 heterocycles. The smallest absolute Gasteiger partial charge is 0.307 e. The average Bonchev–Trinajstić information content (AvgIpc) is 2.72. The van der Waals surface area contributed by atoms with Gasteiger partial charge in [0.05, 0.1) is 18.7 Å². The zero-order chi connectivity index (χ0) is 10.8. The molecule has 0 aromatic carbocycles. The van der Waals surface area contributed by atoms with Crippen LogP contribution in [0.5, 0.6) is 0 Å². The number of aliphatic carboxylic acids is 1. The lowest BCUT2D eigenvalue weighted by atomic mass is 10.2. The zero-order valence-corrected chi connectivity index (χ0v) is 8.27. The number of carboxylic acid groups (broad SMARTS) is 1. The second kappa shape index (κ2) is 4.00. The number of hydrogen-bond acceptors (Lipinski definition) is 2. The van der Waals surface area contributed by atoms with Gasteiger partial charge in [0, 0.05) is 18.2 Å². The van der Waals surface area contributed by atoms with E-state index in [1.807, 2.05) is 0 Å². The van der Waals surface area contributed by atoms with Gasteiger partial charge in [-0.3, -0.25) is 9.48 Å². The monoisotopic (exact) mass is 212 g/mol. The van der Waals surface area contributed by atoms with E-state index in [-0.39, 0.29) is 12.5 Å². The van der Waals surface area contributed by atoms with Crippen molar-refractivity contribution in [3.63, 3.8) is 0 Å². The van der Waals surface area contributed by atoms with Crippen molar-refractivity contribution in [2.24, 2.45) is 0 Å². The van der Waals surface area contributed by atoms with Crippen molar-refractivity contribution in [1.29, 1.82) is 0 Å². The van der Waals surface area contributed by atoms with Crippen molar-refractivity contribution in [2.45, 2.75) is 37.9 Å². The Kier molecular flexibility index (Phi) is 2.70. The molecule has 5 heteroatoms. The van der Waals surface area contributed by atoms with Crippen LogP contribution in [-0.4, -0.2) is 27.0 Å². The van der Waals surface area contributed by atoms with Gasteiger partial charge in [0.2, 0.25) is 0 Å². The van der Waals surface area contributed by atoms with Gasteiger partial charge in [-0.2, -0.15) is 5.10 Å². The topological polar surface area (TPSA) is 55.1 Å². The van der Waals surface area contributed by atoms with Gasteiger partial charge in [-0.15, -0.1) is 0 Å². The summed E-state index contributed by atoms with van der Waals surface area (Å²) in [6.45, 7) is 0. The second-order valence-electron chi connectivity index (χ2n) is 3.96. The lowest BCUT2D eigenvalue weighted by Gasteiger charge is -2.08. The van der Waals surface area contributed by atoms with Crippen LogP contribution in [0.2, 0.25) is 0 Å². The fourth-order valence-electron chi connectivity index (χ4n) is 1.99. The van der Waals surface area contributed by atoms with Gasteiger partial charge in [-0.05, 0) is 12.8 Å². The normalized spacial score (nSPS) is 25.7. The fraction of sp³-hybridized carbons (Fsp3) is 0.600. The maximum Gasteiger partial charge on any atom is 0.307 e. The predicted octanol–water partition coefficient (Wildman–Crippen LogP) is 1.57. The first-order valence-electron chi connectivity index (χ1n) is 5.04. The molecule has 4 nitrogen and oxygen atoms in total. The van der Waals surface area contributed by atoms with Gasteiger partial charge >= 0.3 is 5.97 Å². The third kappa shape index (κ3) is 2.34. The van der Waals surface area contributed by atoms with E-state index in [9.17, 15) is 9.18 Å². The summed E-state index contributed by atoms with van der Waals surface area (Å²) in [6.07, 6.45) is 4.35. The Labute approximate surface area is 86.7 Å². The largest absolute Gasteiger partial charge is 0.481 e. The number of nitrogens with zero attached hydrogens (tertiary/aromatic N) is 2. The molecule has 0 amide bonds. The molecule has 82 valence electrons. The first kappa shape index (κ1) is 10.1. The Morgan fingerprint density at radius 2 is 2.47 bits per heavy atom. The highest BCUT2D eigenvalue weighted by Crippen LogP contribution is 2.31. The molecular weight excluding hydrogens is 199 g/mol. The van der Waals surface area contributed by atoms with Crippen LogP contribution >= 0.6 is 0 Å². The van der Waals surface area contributed by atoms with E-state index in [1.54, 1.807) is 17.1 Å². The Morgan fingerprint density at radius 1 is 1.67 bits per heavy atom. The van der Waals surface area contributed by atoms with Crippen molar-refractivity contribution in [1.82, 2.24) is 9.78 Å². The number of alkyl halides is 1. The van der Waals surface area contributed by atoms with Crippen molar-refractivity contribution in [3.05, 3.63) is 18.0 Å². The van der Waals surface area contributed by atoms with Crippen molar-refractivity contribution >= 4 is 5.97 Å². The van der Waals surface area contributed by atoms with Crippen LogP contribution in [0.1, 0.15) is 30.9 Å². The summed E-state index contributed by atoms with van der Waals surface area (Å²) >= 11 is 0. The molecule has 0 saturated heterocycles.